The van der Waals surface area contributed by atoms with Crippen molar-refractivity contribution in [1.29, 1.82) is 0 Å². The van der Waals surface area contributed by atoms with E-state index in [1.54, 1.807) is 11.8 Å². The molecule has 0 atom stereocenters. The molecule has 4 aromatic rings. The summed E-state index contributed by atoms with van der Waals surface area (Å²) in [6, 6.07) is 9.98. The zero-order valence-electron chi connectivity index (χ0n) is 41.8. The summed E-state index contributed by atoms with van der Waals surface area (Å²) < 4.78 is 215. The molecule has 3 aliphatic rings. The Morgan fingerprint density at radius 1 is 0.481 bits per heavy atom. The summed E-state index contributed by atoms with van der Waals surface area (Å²) in [6.07, 6.45) is -16.0. The van der Waals surface area contributed by atoms with E-state index in [1.807, 2.05) is 6.92 Å². The molecule has 20 nitrogen and oxygen atoms in total. The Kier molecular flexibility index (Phi) is 31.7. The van der Waals surface area contributed by atoms with Crippen LogP contribution in [-0.4, -0.2) is 143 Å². The van der Waals surface area contributed by atoms with Gasteiger partial charge in [-0.1, -0.05) is 61.3 Å². The second-order valence-electron chi connectivity index (χ2n) is 15.6. The number of hydrogen-bond donors (Lipinski definition) is 2. The van der Waals surface area contributed by atoms with Gasteiger partial charge in [0.25, 0.3) is 0 Å². The highest BCUT2D eigenvalue weighted by atomic mass is 35.5. The van der Waals surface area contributed by atoms with Crippen molar-refractivity contribution in [3.05, 3.63) is 104 Å². The van der Waals surface area contributed by atoms with Crippen LogP contribution < -0.4 is 15.1 Å². The lowest BCUT2D eigenvalue weighted by atomic mass is 10.1. The molecule has 0 saturated carbocycles. The van der Waals surface area contributed by atoms with Crippen molar-refractivity contribution < 1.29 is 112 Å². The summed E-state index contributed by atoms with van der Waals surface area (Å²) in [5.74, 6) is 0.516. The second kappa shape index (κ2) is 34.3. The number of rotatable bonds is 5. The van der Waals surface area contributed by atoms with Gasteiger partial charge in [0.2, 0.25) is 0 Å². The van der Waals surface area contributed by atoms with Crippen molar-refractivity contribution in [3.63, 3.8) is 0 Å². The number of pyridine rings is 4. The fourth-order valence-electron chi connectivity index (χ4n) is 6.20. The van der Waals surface area contributed by atoms with Crippen LogP contribution in [0.5, 0.6) is 0 Å². The molecule has 0 radical (unpaired) electrons. The molecular formula is C44H47Cl2F12N7O13S3. The number of alkyl halides is 12. The number of nitrogens with zero attached hydrogens (tertiary/aromatic N) is 6. The average Bonchev–Trinajstić information content (AvgIpc) is 3.36. The van der Waals surface area contributed by atoms with Gasteiger partial charge in [0, 0.05) is 44.8 Å². The number of halogens is 14. The fraction of sp³-hybridized carbons (Fsp3) is 0.477. The first-order chi connectivity index (χ1) is 37.4. The van der Waals surface area contributed by atoms with E-state index in [4.69, 9.17) is 52.0 Å². The average molecular weight is 1280 g/mol. The van der Waals surface area contributed by atoms with Gasteiger partial charge in [-0.15, -0.1) is 0 Å². The zero-order valence-corrected chi connectivity index (χ0v) is 45.8. The minimum Gasteiger partial charge on any atom is -0.392 e. The van der Waals surface area contributed by atoms with Crippen LogP contribution >= 0.6 is 23.2 Å². The molecule has 0 spiro atoms. The van der Waals surface area contributed by atoms with Gasteiger partial charge in [-0.2, -0.15) is 81.5 Å². The number of aliphatic hydroxyl groups excluding tert-OH is 1. The largest absolute Gasteiger partial charge is 0.433 e. The predicted molar refractivity (Wildman–Crippen MR) is 260 cm³/mol. The summed E-state index contributed by atoms with van der Waals surface area (Å²) in [7, 11) is -8.85. The van der Waals surface area contributed by atoms with Crippen molar-refractivity contribution in [2.45, 2.75) is 58.0 Å². The molecule has 3 saturated heterocycles. The molecule has 0 unspecified atom stereocenters. The highest BCUT2D eigenvalue weighted by molar-refractivity contribution is 7.92. The van der Waals surface area contributed by atoms with Crippen molar-refractivity contribution >= 4 is 82.8 Å². The molecule has 4 aromatic heterocycles. The van der Waals surface area contributed by atoms with E-state index in [0.29, 0.717) is 48.6 Å². The third-order valence-corrected chi connectivity index (χ3v) is 15.5. The SMILES string of the molecule is CCc1ccc(C(F)(F)F)nc1Cl.CCc1ccc(C(F)(F)F)nc1N1CCS(=O)(=O)CC1.FC(F)(F)c1cccc(Cl)n1.O=C=O.O=C=O.O=C=O.O=S1(=O)CCN(c2nc(C(F)(F)F)ccc2CO)CC1.O=S1(=O)CCNCC1. The zero-order chi connectivity index (χ0) is 62.6. The summed E-state index contributed by atoms with van der Waals surface area (Å²) in [6.45, 7) is 4.94. The predicted octanol–water partition coefficient (Wildman–Crippen LogP) is 6.05. The van der Waals surface area contributed by atoms with Gasteiger partial charge in [-0.25, -0.2) is 45.2 Å². The first-order valence-electron chi connectivity index (χ1n) is 22.3. The maximum absolute atomic E-state index is 12.7. The number of nitrogens with one attached hydrogen (secondary N) is 1. The van der Waals surface area contributed by atoms with Gasteiger partial charge in [0.1, 0.15) is 44.7 Å². The van der Waals surface area contributed by atoms with E-state index in [9.17, 15) is 83.0 Å². The van der Waals surface area contributed by atoms with Crippen LogP contribution in [0.3, 0.4) is 0 Å². The Hall–Kier alpha value is -6.15. The van der Waals surface area contributed by atoms with E-state index in [0.717, 1.165) is 30.3 Å². The second-order valence-corrected chi connectivity index (χ2v) is 23.3. The first-order valence-corrected chi connectivity index (χ1v) is 28.5. The Morgan fingerprint density at radius 3 is 1.07 bits per heavy atom. The molecule has 2 N–H and O–H groups in total. The van der Waals surface area contributed by atoms with E-state index < -0.39 is 83.6 Å². The normalized spacial score (nSPS) is 15.9. The number of anilines is 2. The Labute approximate surface area is 464 Å². The van der Waals surface area contributed by atoms with Crippen LogP contribution in [0.25, 0.3) is 0 Å². The van der Waals surface area contributed by atoms with Gasteiger partial charge in [-0.3, -0.25) is 0 Å². The first kappa shape index (κ1) is 74.8. The van der Waals surface area contributed by atoms with Crippen molar-refractivity contribution in [3.8, 4) is 0 Å². The maximum atomic E-state index is 12.7. The third-order valence-electron chi connectivity index (χ3n) is 10.1. The topological polar surface area (TPSA) is 295 Å². The van der Waals surface area contributed by atoms with Crippen LogP contribution in [0.4, 0.5) is 64.3 Å². The molecule has 0 aliphatic carbocycles. The molecular weight excluding hydrogens is 1230 g/mol. The summed E-state index contributed by atoms with van der Waals surface area (Å²) in [5, 5.41) is 11.9. The van der Waals surface area contributed by atoms with Crippen LogP contribution in [0.2, 0.25) is 10.3 Å². The highest BCUT2D eigenvalue weighted by Gasteiger charge is 2.37. The number of sulfone groups is 3. The highest BCUT2D eigenvalue weighted by Crippen LogP contribution is 2.34. The third kappa shape index (κ3) is 28.9. The molecule has 81 heavy (non-hydrogen) atoms. The number of carbonyl (C=O) groups excluding carboxylic acids is 6. The number of aliphatic hydroxyl groups is 1. The van der Waals surface area contributed by atoms with Crippen molar-refractivity contribution in [2.24, 2.45) is 0 Å². The summed E-state index contributed by atoms with van der Waals surface area (Å²) >= 11 is 10.8. The molecule has 0 aromatic carbocycles. The minimum atomic E-state index is -4.58. The van der Waals surface area contributed by atoms with E-state index in [2.05, 4.69) is 25.3 Å². The molecule has 3 aliphatic heterocycles. The van der Waals surface area contributed by atoms with Gasteiger partial charge in [0.05, 0.1) is 41.1 Å². The smallest absolute Gasteiger partial charge is 0.392 e. The lowest BCUT2D eigenvalue weighted by Crippen LogP contribution is -2.41. The molecule has 0 amide bonds. The fourth-order valence-corrected chi connectivity index (χ4v) is 10.2. The van der Waals surface area contributed by atoms with Crippen LogP contribution in [0, 0.1) is 0 Å². The summed E-state index contributed by atoms with van der Waals surface area (Å²) in [5.41, 5.74) is -2.36. The van der Waals surface area contributed by atoms with Gasteiger partial charge < -0.3 is 20.2 Å². The molecule has 3 fully saturated rings. The van der Waals surface area contributed by atoms with Crippen molar-refractivity contribution in [2.75, 3.05) is 83.6 Å². The monoisotopic (exact) mass is 1280 g/mol. The van der Waals surface area contributed by atoms with Crippen molar-refractivity contribution in [1.82, 2.24) is 25.3 Å². The van der Waals surface area contributed by atoms with E-state index in [-0.39, 0.29) is 95.2 Å². The lowest BCUT2D eigenvalue weighted by Gasteiger charge is -2.29. The van der Waals surface area contributed by atoms with Crippen LogP contribution in [0.1, 0.15) is 53.3 Å². The van der Waals surface area contributed by atoms with Crippen LogP contribution in [0.15, 0.2) is 54.6 Å². The number of aromatic nitrogens is 4. The molecule has 452 valence electrons. The van der Waals surface area contributed by atoms with Gasteiger partial charge in [-0.05, 0) is 54.3 Å². The van der Waals surface area contributed by atoms with E-state index in [1.165, 1.54) is 29.2 Å². The van der Waals surface area contributed by atoms with Gasteiger partial charge >= 0.3 is 43.2 Å². The molecule has 7 heterocycles. The Balaban J connectivity index is 0.000000979. The lowest BCUT2D eigenvalue weighted by molar-refractivity contribution is -0.193. The Bertz CT molecular complexity index is 2910. The molecule has 37 heteroatoms. The van der Waals surface area contributed by atoms with Crippen LogP contribution in [-0.2, 0) is 102 Å². The minimum absolute atomic E-state index is 0.00257. The number of aryl methyl sites for hydroxylation is 2. The molecule has 7 rings (SSSR count). The standard InChI is InChI=1S/C12H15F3N2O2S.C11H13F3N2O3S.C8H7ClF3N.C6H3ClF3N.C4H9NO2S.3CO2/c1-2-9-3-4-10(12(13,14)15)16-11(9)17-5-7-20(18,19)8-6-17;12-11(13,14)9-2-1-8(7-17)10(15-9)16-3-5-20(18,19)6-4-16;1-2-5-3-4-6(8(10,11)12)13-7(5)9;7-5-3-1-2-4(11-5)6(8,9)10;6-8(7)3-1-5-2-4-8;3*2-1-3/h3-4H,2,5-8H2,1H3;1-2,17H,3-7H2;3-4H,2H2,1H3;1-3H;5H,1-4H2;;;. The van der Waals surface area contributed by atoms with E-state index >= 15 is 0 Å². The number of hydrogen-bond acceptors (Lipinski definition) is 20. The Morgan fingerprint density at radius 2 is 0.790 bits per heavy atom. The summed E-state index contributed by atoms with van der Waals surface area (Å²) in [4.78, 5) is 65.4. The quantitative estimate of drug-likeness (QED) is 0.170. The molecule has 0 bridgehead atoms. The van der Waals surface area contributed by atoms with Gasteiger partial charge in [0.15, 0.2) is 29.5 Å². The maximum Gasteiger partial charge on any atom is 0.433 e.